The van der Waals surface area contributed by atoms with Crippen LogP contribution in [0.2, 0.25) is 0 Å². The molecule has 7 heteroatoms. The Kier molecular flexibility index (Phi) is 10.6. The molecule has 0 saturated carbocycles. The van der Waals surface area contributed by atoms with Crippen LogP contribution in [-0.2, 0) is 36.3 Å². The predicted molar refractivity (Wildman–Crippen MR) is 208 cm³/mol. The first-order chi connectivity index (χ1) is 25.7. The van der Waals surface area contributed by atoms with Gasteiger partial charge in [0, 0.05) is 30.4 Å². The second-order valence-corrected chi connectivity index (χ2v) is 13.0. The van der Waals surface area contributed by atoms with Crippen molar-refractivity contribution in [1.29, 1.82) is 0 Å². The zero-order chi connectivity index (χ0) is 35.8. The lowest BCUT2D eigenvalue weighted by Gasteiger charge is -2.34. The molecule has 2 aromatic heterocycles. The van der Waals surface area contributed by atoms with Gasteiger partial charge in [-0.25, -0.2) is 0 Å². The predicted octanol–water partition coefficient (Wildman–Crippen LogP) is 9.31. The zero-order valence-corrected chi connectivity index (χ0v) is 29.9. The Bertz CT molecular complexity index is 2110. The number of ether oxygens (including phenoxy) is 1. The fourth-order valence-electron chi connectivity index (χ4n) is 7.23. The van der Waals surface area contributed by atoms with Gasteiger partial charge in [0.1, 0.15) is 0 Å². The molecule has 7 rings (SSSR count). The van der Waals surface area contributed by atoms with Crippen molar-refractivity contribution in [3.8, 4) is 22.5 Å². The van der Waals surface area contributed by atoms with Crippen molar-refractivity contribution in [3.63, 3.8) is 0 Å². The van der Waals surface area contributed by atoms with E-state index >= 15 is 0 Å². The maximum Gasteiger partial charge on any atom is 0.205 e. The summed E-state index contributed by atoms with van der Waals surface area (Å²) in [6.07, 6.45) is 5.91. The average molecular weight is 685 g/mol. The van der Waals surface area contributed by atoms with Crippen LogP contribution < -0.4 is 0 Å². The number of allylic oxidation sites excluding steroid dienone is 1. The summed E-state index contributed by atoms with van der Waals surface area (Å²) in [4.78, 5) is 1.78. The van der Waals surface area contributed by atoms with Crippen LogP contribution in [0, 0.1) is 0 Å². The standard InChI is InChI=1S/C45H44N6O/c1-4-6-26-43-41(42(33-52-3)47-50(43)31-5-2)32-34-27-29-35(30-28-34)39-24-16-17-25-40(39)44-46-49-51(48-44)45(36-18-10-7-11-19-36,37-20-12-8-13-21-37)38-22-14-9-15-23-38/h5,7-25,27-30H,2,4,6,26,31-33H2,1,3H3. The van der Waals surface area contributed by atoms with E-state index in [2.05, 4.69) is 133 Å². The van der Waals surface area contributed by atoms with E-state index in [4.69, 9.17) is 25.2 Å². The van der Waals surface area contributed by atoms with Crippen molar-refractivity contribution in [1.82, 2.24) is 30.0 Å². The van der Waals surface area contributed by atoms with Gasteiger partial charge in [-0.05, 0) is 51.4 Å². The molecule has 0 amide bonds. The first-order valence-corrected chi connectivity index (χ1v) is 18.0. The quantitative estimate of drug-likeness (QED) is 0.0796. The SMILES string of the molecule is C=CCn1nc(COC)c(Cc2ccc(-c3ccccc3-c3nnn(C(c4ccccc4)(c4ccccc4)c4ccccc4)n3)cc2)c1CCCC. The lowest BCUT2D eigenvalue weighted by Crippen LogP contribution is -2.39. The van der Waals surface area contributed by atoms with Crippen LogP contribution in [0.5, 0.6) is 0 Å². The number of hydrogen-bond donors (Lipinski definition) is 0. The van der Waals surface area contributed by atoms with E-state index in [1.165, 1.54) is 16.8 Å². The zero-order valence-electron chi connectivity index (χ0n) is 29.9. The number of rotatable bonds is 15. The van der Waals surface area contributed by atoms with Gasteiger partial charge in [0.05, 0.1) is 18.8 Å². The highest BCUT2D eigenvalue weighted by Crippen LogP contribution is 2.40. The Hall–Kier alpha value is -5.92. The third-order valence-electron chi connectivity index (χ3n) is 9.70. The summed E-state index contributed by atoms with van der Waals surface area (Å²) in [5.74, 6) is 0.561. The second kappa shape index (κ2) is 16.0. The molecule has 0 aliphatic heterocycles. The summed E-state index contributed by atoms with van der Waals surface area (Å²) in [6, 6.07) is 48.4. The summed E-state index contributed by atoms with van der Waals surface area (Å²) in [5.41, 5.74) is 10.1. The van der Waals surface area contributed by atoms with Crippen molar-refractivity contribution in [2.75, 3.05) is 7.11 Å². The largest absolute Gasteiger partial charge is 0.378 e. The third-order valence-corrected chi connectivity index (χ3v) is 9.70. The minimum absolute atomic E-state index is 0.484. The van der Waals surface area contributed by atoms with Crippen molar-refractivity contribution in [2.24, 2.45) is 0 Å². The van der Waals surface area contributed by atoms with Gasteiger partial charge in [-0.1, -0.05) is 159 Å². The highest BCUT2D eigenvalue weighted by atomic mass is 16.5. The maximum absolute atomic E-state index is 5.57. The van der Waals surface area contributed by atoms with Gasteiger partial charge in [-0.3, -0.25) is 4.68 Å². The molecule has 260 valence electrons. The van der Waals surface area contributed by atoms with Crippen LogP contribution in [0.15, 0.2) is 152 Å². The van der Waals surface area contributed by atoms with Gasteiger partial charge in [0.15, 0.2) is 5.54 Å². The Balaban J connectivity index is 1.27. The number of tetrazole rings is 1. The average Bonchev–Trinajstić information content (AvgIpc) is 3.81. The van der Waals surface area contributed by atoms with E-state index in [0.717, 1.165) is 64.8 Å². The molecule has 0 aliphatic carbocycles. The monoisotopic (exact) mass is 684 g/mol. The smallest absolute Gasteiger partial charge is 0.205 e. The topological polar surface area (TPSA) is 70.7 Å². The van der Waals surface area contributed by atoms with Gasteiger partial charge in [-0.2, -0.15) is 5.10 Å². The fraction of sp³-hybridized carbons (Fsp3) is 0.200. The maximum atomic E-state index is 5.57. The molecule has 7 nitrogen and oxygen atoms in total. The van der Waals surface area contributed by atoms with E-state index in [1.807, 2.05) is 30.3 Å². The summed E-state index contributed by atoms with van der Waals surface area (Å²) in [5, 5.41) is 19.6. The fourth-order valence-corrected chi connectivity index (χ4v) is 7.23. The molecule has 2 heterocycles. The summed E-state index contributed by atoms with van der Waals surface area (Å²) >= 11 is 0. The molecular weight excluding hydrogens is 641 g/mol. The van der Waals surface area contributed by atoms with Crippen LogP contribution in [0.25, 0.3) is 22.5 Å². The first kappa shape index (κ1) is 34.5. The Morgan fingerprint density at radius 3 is 1.85 bits per heavy atom. The van der Waals surface area contributed by atoms with Crippen molar-refractivity contribution in [2.45, 2.75) is 51.3 Å². The lowest BCUT2D eigenvalue weighted by molar-refractivity contribution is 0.180. The van der Waals surface area contributed by atoms with Crippen molar-refractivity contribution >= 4 is 0 Å². The molecular formula is C45H44N6O. The summed E-state index contributed by atoms with van der Waals surface area (Å²) in [6.45, 7) is 7.36. The van der Waals surface area contributed by atoms with E-state index in [0.29, 0.717) is 19.0 Å². The van der Waals surface area contributed by atoms with Crippen LogP contribution in [0.1, 0.15) is 59.0 Å². The Morgan fingerprint density at radius 2 is 1.29 bits per heavy atom. The number of hydrogen-bond acceptors (Lipinski definition) is 5. The van der Waals surface area contributed by atoms with Crippen molar-refractivity contribution < 1.29 is 4.74 Å². The molecule has 0 unspecified atom stereocenters. The lowest BCUT2D eigenvalue weighted by atomic mass is 9.77. The van der Waals surface area contributed by atoms with Crippen LogP contribution in [-0.4, -0.2) is 37.1 Å². The molecule has 52 heavy (non-hydrogen) atoms. The number of aromatic nitrogens is 6. The van der Waals surface area contributed by atoms with Crippen LogP contribution >= 0.6 is 0 Å². The molecule has 0 fully saturated rings. The molecule has 0 spiro atoms. The summed E-state index contributed by atoms with van der Waals surface area (Å²) in [7, 11) is 1.73. The van der Waals surface area contributed by atoms with E-state index < -0.39 is 5.54 Å². The molecule has 0 aliphatic rings. The van der Waals surface area contributed by atoms with Gasteiger partial charge < -0.3 is 4.74 Å². The minimum atomic E-state index is -0.844. The second-order valence-electron chi connectivity index (χ2n) is 13.0. The molecule has 0 N–H and O–H groups in total. The highest BCUT2D eigenvalue weighted by Gasteiger charge is 2.41. The normalized spacial score (nSPS) is 11.5. The van der Waals surface area contributed by atoms with E-state index in [1.54, 1.807) is 11.9 Å². The van der Waals surface area contributed by atoms with Crippen LogP contribution in [0.4, 0.5) is 0 Å². The molecule has 5 aromatic carbocycles. The van der Waals surface area contributed by atoms with E-state index in [9.17, 15) is 0 Å². The third kappa shape index (κ3) is 6.75. The molecule has 0 radical (unpaired) electrons. The number of methoxy groups -OCH3 is 1. The number of nitrogens with zero attached hydrogens (tertiary/aromatic N) is 6. The van der Waals surface area contributed by atoms with Gasteiger partial charge >= 0.3 is 0 Å². The minimum Gasteiger partial charge on any atom is -0.378 e. The molecule has 0 bridgehead atoms. The molecule has 0 saturated heterocycles. The van der Waals surface area contributed by atoms with Gasteiger partial charge in [-0.15, -0.1) is 21.6 Å². The first-order valence-electron chi connectivity index (χ1n) is 18.0. The molecule has 0 atom stereocenters. The van der Waals surface area contributed by atoms with Crippen molar-refractivity contribution in [3.05, 3.63) is 191 Å². The number of unbranched alkanes of at least 4 members (excludes halogenated alkanes) is 1. The van der Waals surface area contributed by atoms with E-state index in [-0.39, 0.29) is 0 Å². The van der Waals surface area contributed by atoms with Gasteiger partial charge in [0.2, 0.25) is 5.82 Å². The Labute approximate surface area is 306 Å². The number of benzene rings is 5. The van der Waals surface area contributed by atoms with Gasteiger partial charge in [0.25, 0.3) is 0 Å². The Morgan fingerprint density at radius 1 is 0.712 bits per heavy atom. The van der Waals surface area contributed by atoms with Crippen LogP contribution in [0.3, 0.4) is 0 Å². The summed E-state index contributed by atoms with van der Waals surface area (Å²) < 4.78 is 7.66. The molecule has 7 aromatic rings. The highest BCUT2D eigenvalue weighted by molar-refractivity contribution is 5.80.